The molecule has 0 saturated heterocycles. The lowest BCUT2D eigenvalue weighted by Crippen LogP contribution is -2.45. The molecule has 1 heterocycles. The van der Waals surface area contributed by atoms with Gasteiger partial charge in [-0.15, -0.1) is 12.4 Å². The van der Waals surface area contributed by atoms with Crippen molar-refractivity contribution < 1.29 is 14.0 Å². The zero-order chi connectivity index (χ0) is 17.0. The lowest BCUT2D eigenvalue weighted by molar-refractivity contribution is -0.119. The smallest absolute Gasteiger partial charge is 0.291 e. The summed E-state index contributed by atoms with van der Waals surface area (Å²) in [6.07, 6.45) is 1.44. The quantitative estimate of drug-likeness (QED) is 0.787. The second kappa shape index (κ2) is 7.99. The summed E-state index contributed by atoms with van der Waals surface area (Å²) >= 11 is 0. The first-order valence-corrected chi connectivity index (χ1v) is 7.29. The molecule has 0 fully saturated rings. The Labute approximate surface area is 147 Å². The van der Waals surface area contributed by atoms with Crippen molar-refractivity contribution in [3.8, 4) is 0 Å². The van der Waals surface area contributed by atoms with Crippen molar-refractivity contribution in [3.05, 3.63) is 48.4 Å². The first-order chi connectivity index (χ1) is 10.8. The standard InChI is InChI=1S/C17H21N3O3.ClH/c1-17(2,3)14(18)16(22)20-12-8-6-11(7-9-12)19-15(21)13-5-4-10-23-13;/h4-10,14H,18H2,1-3H3,(H,19,21)(H,20,22);1H/t14-;/m1./s1. The van der Waals surface area contributed by atoms with E-state index in [1.165, 1.54) is 6.26 Å². The molecule has 24 heavy (non-hydrogen) atoms. The summed E-state index contributed by atoms with van der Waals surface area (Å²) in [4.78, 5) is 23.9. The number of halogens is 1. The monoisotopic (exact) mass is 351 g/mol. The van der Waals surface area contributed by atoms with E-state index >= 15 is 0 Å². The Balaban J connectivity index is 0.00000288. The van der Waals surface area contributed by atoms with E-state index in [0.29, 0.717) is 11.4 Å². The van der Waals surface area contributed by atoms with Crippen molar-refractivity contribution in [1.29, 1.82) is 0 Å². The Morgan fingerprint density at radius 2 is 1.58 bits per heavy atom. The molecule has 0 bridgehead atoms. The van der Waals surface area contributed by atoms with Gasteiger partial charge in [0.05, 0.1) is 12.3 Å². The van der Waals surface area contributed by atoms with Crippen LogP contribution in [0, 0.1) is 5.41 Å². The lowest BCUT2D eigenvalue weighted by atomic mass is 9.87. The molecule has 2 amide bonds. The largest absolute Gasteiger partial charge is 0.459 e. The molecular formula is C17H22ClN3O3. The van der Waals surface area contributed by atoms with E-state index in [1.807, 2.05) is 20.8 Å². The van der Waals surface area contributed by atoms with Gasteiger partial charge in [-0.25, -0.2) is 0 Å². The van der Waals surface area contributed by atoms with E-state index in [2.05, 4.69) is 10.6 Å². The Bertz CT molecular complexity index is 676. The summed E-state index contributed by atoms with van der Waals surface area (Å²) in [6.45, 7) is 5.72. The lowest BCUT2D eigenvalue weighted by Gasteiger charge is -2.25. The summed E-state index contributed by atoms with van der Waals surface area (Å²) in [5.41, 5.74) is 6.81. The molecule has 1 aromatic carbocycles. The summed E-state index contributed by atoms with van der Waals surface area (Å²) in [6, 6.07) is 9.40. The fourth-order valence-corrected chi connectivity index (χ4v) is 1.85. The van der Waals surface area contributed by atoms with Gasteiger partial charge in [-0.3, -0.25) is 9.59 Å². The van der Waals surface area contributed by atoms with Crippen LogP contribution in [0.3, 0.4) is 0 Å². The molecule has 0 aliphatic heterocycles. The molecule has 1 aromatic heterocycles. The van der Waals surface area contributed by atoms with Crippen LogP contribution < -0.4 is 16.4 Å². The maximum Gasteiger partial charge on any atom is 0.291 e. The number of hydrogen-bond acceptors (Lipinski definition) is 4. The first kappa shape index (κ1) is 19.7. The number of anilines is 2. The van der Waals surface area contributed by atoms with E-state index in [4.69, 9.17) is 10.2 Å². The fourth-order valence-electron chi connectivity index (χ4n) is 1.85. The highest BCUT2D eigenvalue weighted by molar-refractivity contribution is 6.02. The number of carbonyl (C=O) groups excluding carboxylic acids is 2. The highest BCUT2D eigenvalue weighted by Crippen LogP contribution is 2.20. The topological polar surface area (TPSA) is 97.4 Å². The van der Waals surface area contributed by atoms with Gasteiger partial charge < -0.3 is 20.8 Å². The zero-order valence-electron chi connectivity index (χ0n) is 13.8. The molecule has 0 saturated carbocycles. The zero-order valence-corrected chi connectivity index (χ0v) is 14.6. The molecule has 130 valence electrons. The Morgan fingerprint density at radius 1 is 1.04 bits per heavy atom. The summed E-state index contributed by atoms with van der Waals surface area (Å²) < 4.78 is 5.02. The molecule has 0 unspecified atom stereocenters. The highest BCUT2D eigenvalue weighted by Gasteiger charge is 2.27. The minimum atomic E-state index is -0.610. The second-order valence-electron chi connectivity index (χ2n) is 6.34. The van der Waals surface area contributed by atoms with Gasteiger partial charge in [-0.05, 0) is 41.8 Å². The van der Waals surface area contributed by atoms with E-state index in [1.54, 1.807) is 36.4 Å². The number of amides is 2. The Morgan fingerprint density at radius 3 is 2.04 bits per heavy atom. The predicted octanol–water partition coefficient (Wildman–Crippen LogP) is 3.27. The van der Waals surface area contributed by atoms with Gasteiger partial charge in [0.1, 0.15) is 0 Å². The Kier molecular flexibility index (Phi) is 6.57. The minimum Gasteiger partial charge on any atom is -0.459 e. The van der Waals surface area contributed by atoms with Gasteiger partial charge in [0.25, 0.3) is 5.91 Å². The van der Waals surface area contributed by atoms with E-state index in [0.717, 1.165) is 0 Å². The van der Waals surface area contributed by atoms with Crippen LogP contribution in [0.15, 0.2) is 47.1 Å². The van der Waals surface area contributed by atoms with E-state index < -0.39 is 6.04 Å². The molecule has 2 aromatic rings. The molecule has 4 N–H and O–H groups in total. The second-order valence-corrected chi connectivity index (χ2v) is 6.34. The van der Waals surface area contributed by atoms with Crippen LogP contribution in [0.5, 0.6) is 0 Å². The molecule has 2 rings (SSSR count). The van der Waals surface area contributed by atoms with Crippen molar-refractivity contribution in [2.45, 2.75) is 26.8 Å². The molecule has 0 aliphatic rings. The molecular weight excluding hydrogens is 330 g/mol. The van der Waals surface area contributed by atoms with Gasteiger partial charge in [0.15, 0.2) is 5.76 Å². The summed E-state index contributed by atoms with van der Waals surface area (Å²) in [5.74, 6) is -0.343. The van der Waals surface area contributed by atoms with Crippen molar-refractivity contribution in [1.82, 2.24) is 0 Å². The third-order valence-electron chi connectivity index (χ3n) is 3.37. The molecule has 0 aliphatic carbocycles. The van der Waals surface area contributed by atoms with Crippen LogP contribution in [0.2, 0.25) is 0 Å². The molecule has 7 heteroatoms. The maximum atomic E-state index is 12.1. The number of furan rings is 1. The third-order valence-corrected chi connectivity index (χ3v) is 3.37. The summed E-state index contributed by atoms with van der Waals surface area (Å²) in [7, 11) is 0. The van der Waals surface area contributed by atoms with Crippen molar-refractivity contribution in [2.24, 2.45) is 11.1 Å². The number of hydrogen-bond donors (Lipinski definition) is 3. The fraction of sp³-hybridized carbons (Fsp3) is 0.294. The number of nitrogens with two attached hydrogens (primary N) is 1. The number of benzene rings is 1. The van der Waals surface area contributed by atoms with Gasteiger partial charge in [0.2, 0.25) is 5.91 Å². The van der Waals surface area contributed by atoms with E-state index in [-0.39, 0.29) is 35.4 Å². The highest BCUT2D eigenvalue weighted by atomic mass is 35.5. The third kappa shape index (κ3) is 5.11. The molecule has 1 atom stereocenters. The molecule has 0 spiro atoms. The minimum absolute atomic E-state index is 0. The van der Waals surface area contributed by atoms with Gasteiger partial charge >= 0.3 is 0 Å². The van der Waals surface area contributed by atoms with Crippen LogP contribution in [0.1, 0.15) is 31.3 Å². The van der Waals surface area contributed by atoms with Crippen molar-refractivity contribution >= 4 is 35.6 Å². The molecule has 0 radical (unpaired) electrons. The average molecular weight is 352 g/mol. The number of carbonyl (C=O) groups is 2. The number of rotatable bonds is 4. The average Bonchev–Trinajstić information content (AvgIpc) is 3.01. The van der Waals surface area contributed by atoms with Gasteiger partial charge in [-0.2, -0.15) is 0 Å². The number of nitrogens with one attached hydrogen (secondary N) is 2. The van der Waals surface area contributed by atoms with Gasteiger partial charge in [0, 0.05) is 11.4 Å². The van der Waals surface area contributed by atoms with Crippen LogP contribution in [-0.2, 0) is 4.79 Å². The predicted molar refractivity (Wildman–Crippen MR) is 96.4 cm³/mol. The normalized spacial score (nSPS) is 12.0. The van der Waals surface area contributed by atoms with Crippen molar-refractivity contribution in [3.63, 3.8) is 0 Å². The SMILES string of the molecule is CC(C)(C)[C@H](N)C(=O)Nc1ccc(NC(=O)c2ccco2)cc1.Cl. The van der Waals surface area contributed by atoms with Crippen molar-refractivity contribution in [2.75, 3.05) is 10.6 Å². The maximum absolute atomic E-state index is 12.1. The van der Waals surface area contributed by atoms with Crippen LogP contribution >= 0.6 is 12.4 Å². The summed E-state index contributed by atoms with van der Waals surface area (Å²) in [5, 5.41) is 5.46. The van der Waals surface area contributed by atoms with E-state index in [9.17, 15) is 9.59 Å². The Hall–Kier alpha value is -2.31. The molecule has 6 nitrogen and oxygen atoms in total. The van der Waals surface area contributed by atoms with Gasteiger partial charge in [-0.1, -0.05) is 20.8 Å². The van der Waals surface area contributed by atoms with Crippen LogP contribution in [0.25, 0.3) is 0 Å². The first-order valence-electron chi connectivity index (χ1n) is 7.29. The van der Waals surface area contributed by atoms with Crippen LogP contribution in [0.4, 0.5) is 11.4 Å². The van der Waals surface area contributed by atoms with Crippen LogP contribution in [-0.4, -0.2) is 17.9 Å².